The number of rotatable bonds is 5. The van der Waals surface area contributed by atoms with Crippen LogP contribution in [-0.2, 0) is 4.79 Å². The number of carbonyl (C=O) groups excluding carboxylic acids is 1. The number of hydrogen-bond acceptors (Lipinski definition) is 4. The lowest BCUT2D eigenvalue weighted by atomic mass is 10.0. The van der Waals surface area contributed by atoms with Gasteiger partial charge in [-0.25, -0.2) is 4.39 Å². The molecule has 138 valence electrons. The van der Waals surface area contributed by atoms with Gasteiger partial charge >= 0.3 is 0 Å². The molecule has 0 radical (unpaired) electrons. The van der Waals surface area contributed by atoms with Crippen LogP contribution < -0.4 is 5.32 Å². The lowest BCUT2D eigenvalue weighted by Crippen LogP contribution is -2.36. The number of hydrogen-bond donors (Lipinski definition) is 1. The van der Waals surface area contributed by atoms with Crippen molar-refractivity contribution in [1.29, 1.82) is 0 Å². The van der Waals surface area contributed by atoms with Crippen LogP contribution in [0.25, 0.3) is 0 Å². The van der Waals surface area contributed by atoms with Gasteiger partial charge in [0.25, 0.3) is 0 Å². The Hall–Kier alpha value is -2.47. The van der Waals surface area contributed by atoms with Crippen molar-refractivity contribution in [2.45, 2.75) is 19.3 Å². The zero-order valence-electron chi connectivity index (χ0n) is 15.5. The second-order valence-electron chi connectivity index (χ2n) is 7.12. The molecule has 5 nitrogen and oxygen atoms in total. The van der Waals surface area contributed by atoms with Crippen LogP contribution in [0.3, 0.4) is 0 Å². The molecule has 0 spiro atoms. The fourth-order valence-electron chi connectivity index (χ4n) is 3.27. The molecule has 1 fully saturated rings. The van der Waals surface area contributed by atoms with Crippen molar-refractivity contribution in [2.24, 2.45) is 0 Å². The van der Waals surface area contributed by atoms with E-state index >= 15 is 0 Å². The molecule has 0 saturated carbocycles. The average Bonchev–Trinajstić information content (AvgIpc) is 3.06. The predicted octanol–water partition coefficient (Wildman–Crippen LogP) is 3.15. The number of carbonyl (C=O) groups is 1. The highest BCUT2D eigenvalue weighted by atomic mass is 19.1. The summed E-state index contributed by atoms with van der Waals surface area (Å²) in [7, 11) is 3.81. The van der Waals surface area contributed by atoms with Crippen molar-refractivity contribution in [1.82, 2.24) is 14.8 Å². The Morgan fingerprint density at radius 3 is 2.69 bits per heavy atom. The minimum atomic E-state index is -0.254. The summed E-state index contributed by atoms with van der Waals surface area (Å²) in [6, 6.07) is 10.3. The molecule has 1 aliphatic heterocycles. The first-order valence-electron chi connectivity index (χ1n) is 8.84. The standard InChI is InChI=1S/C20H25FN4O/c1-14-10-18(23-17-6-4-16(21)5-7-17)11-19(22-14)15-8-9-25(12-15)20(26)13-24(2)3/h4-7,10-11,15H,8-9,12-13H2,1-3H3,(H,22,23)/t15-/m0/s1. The van der Waals surface area contributed by atoms with E-state index in [1.807, 2.05) is 43.0 Å². The number of aromatic nitrogens is 1. The van der Waals surface area contributed by atoms with Crippen molar-refractivity contribution >= 4 is 17.3 Å². The summed E-state index contributed by atoms with van der Waals surface area (Å²) in [6.07, 6.45) is 0.922. The molecule has 1 saturated heterocycles. The molecular formula is C20H25FN4O. The minimum Gasteiger partial charge on any atom is -0.355 e. The monoisotopic (exact) mass is 356 g/mol. The van der Waals surface area contributed by atoms with Gasteiger partial charge in [-0.3, -0.25) is 9.78 Å². The summed E-state index contributed by atoms with van der Waals surface area (Å²) in [4.78, 5) is 20.7. The van der Waals surface area contributed by atoms with Crippen molar-refractivity contribution in [3.63, 3.8) is 0 Å². The maximum atomic E-state index is 13.1. The fourth-order valence-corrected chi connectivity index (χ4v) is 3.27. The SMILES string of the molecule is Cc1cc(Nc2ccc(F)cc2)cc([C@H]2CCN(C(=O)CN(C)C)C2)n1. The van der Waals surface area contributed by atoms with E-state index < -0.39 is 0 Å². The van der Waals surface area contributed by atoms with Crippen molar-refractivity contribution < 1.29 is 9.18 Å². The van der Waals surface area contributed by atoms with Crippen LogP contribution in [0.5, 0.6) is 0 Å². The van der Waals surface area contributed by atoms with Gasteiger partial charge in [-0.15, -0.1) is 0 Å². The Bertz CT molecular complexity index is 776. The Balaban J connectivity index is 1.72. The van der Waals surface area contributed by atoms with Crippen LogP contribution in [0, 0.1) is 12.7 Å². The van der Waals surface area contributed by atoms with Crippen molar-refractivity contribution in [3.8, 4) is 0 Å². The fraction of sp³-hybridized carbons (Fsp3) is 0.400. The molecule has 26 heavy (non-hydrogen) atoms. The zero-order valence-corrected chi connectivity index (χ0v) is 15.5. The van der Waals surface area contributed by atoms with Crippen LogP contribution in [0.4, 0.5) is 15.8 Å². The molecule has 0 aliphatic carbocycles. The molecule has 1 aliphatic rings. The topological polar surface area (TPSA) is 48.5 Å². The normalized spacial score (nSPS) is 17.0. The second-order valence-corrected chi connectivity index (χ2v) is 7.12. The number of benzene rings is 1. The first-order valence-corrected chi connectivity index (χ1v) is 8.84. The Labute approximate surface area is 153 Å². The van der Waals surface area contributed by atoms with Gasteiger partial charge in [-0.05, 0) is 63.8 Å². The summed E-state index contributed by atoms with van der Waals surface area (Å²) >= 11 is 0. The summed E-state index contributed by atoms with van der Waals surface area (Å²) in [5.41, 5.74) is 3.68. The van der Waals surface area contributed by atoms with Crippen LogP contribution in [0.15, 0.2) is 36.4 Å². The van der Waals surface area contributed by atoms with Gasteiger partial charge in [-0.1, -0.05) is 0 Å². The quantitative estimate of drug-likeness (QED) is 0.894. The average molecular weight is 356 g/mol. The molecule has 1 aromatic carbocycles. The molecular weight excluding hydrogens is 331 g/mol. The molecule has 3 rings (SSSR count). The Morgan fingerprint density at radius 1 is 1.27 bits per heavy atom. The molecule has 0 bridgehead atoms. The minimum absolute atomic E-state index is 0.162. The summed E-state index contributed by atoms with van der Waals surface area (Å²) in [6.45, 7) is 3.88. The smallest absolute Gasteiger partial charge is 0.236 e. The van der Waals surface area contributed by atoms with Gasteiger partial charge in [0.2, 0.25) is 5.91 Å². The van der Waals surface area contributed by atoms with E-state index in [4.69, 9.17) is 0 Å². The maximum absolute atomic E-state index is 13.1. The summed E-state index contributed by atoms with van der Waals surface area (Å²) in [5.74, 6) is 0.153. The number of nitrogens with zero attached hydrogens (tertiary/aromatic N) is 3. The second kappa shape index (κ2) is 7.83. The van der Waals surface area contributed by atoms with E-state index in [0.29, 0.717) is 13.1 Å². The van der Waals surface area contributed by atoms with Crippen LogP contribution >= 0.6 is 0 Å². The van der Waals surface area contributed by atoms with E-state index in [1.54, 1.807) is 12.1 Å². The number of anilines is 2. The van der Waals surface area contributed by atoms with Crippen molar-refractivity contribution in [2.75, 3.05) is 39.0 Å². The van der Waals surface area contributed by atoms with E-state index in [0.717, 1.165) is 35.7 Å². The molecule has 2 heterocycles. The van der Waals surface area contributed by atoms with Gasteiger partial charge in [0.15, 0.2) is 0 Å². The van der Waals surface area contributed by atoms with Gasteiger partial charge in [0.05, 0.1) is 6.54 Å². The van der Waals surface area contributed by atoms with E-state index in [1.165, 1.54) is 12.1 Å². The lowest BCUT2D eigenvalue weighted by Gasteiger charge is -2.19. The maximum Gasteiger partial charge on any atom is 0.236 e. The number of likely N-dealkylation sites (N-methyl/N-ethyl adjacent to an activating group) is 1. The molecule has 1 amide bonds. The number of likely N-dealkylation sites (tertiary alicyclic amines) is 1. The van der Waals surface area contributed by atoms with Crippen LogP contribution in [0.1, 0.15) is 23.7 Å². The van der Waals surface area contributed by atoms with Crippen LogP contribution in [0.2, 0.25) is 0 Å². The zero-order chi connectivity index (χ0) is 18.7. The number of halogens is 1. The largest absolute Gasteiger partial charge is 0.355 e. The highest BCUT2D eigenvalue weighted by Crippen LogP contribution is 2.29. The third-order valence-electron chi connectivity index (χ3n) is 4.52. The summed E-state index contributed by atoms with van der Waals surface area (Å²) in [5, 5.41) is 3.30. The molecule has 0 unspecified atom stereocenters. The molecule has 1 aromatic heterocycles. The number of aryl methyl sites for hydroxylation is 1. The van der Waals surface area contributed by atoms with Crippen LogP contribution in [-0.4, -0.2) is 54.4 Å². The number of pyridine rings is 1. The van der Waals surface area contributed by atoms with Crippen molar-refractivity contribution in [3.05, 3.63) is 53.6 Å². The Kier molecular flexibility index (Phi) is 5.52. The van der Waals surface area contributed by atoms with E-state index in [2.05, 4.69) is 10.3 Å². The highest BCUT2D eigenvalue weighted by Gasteiger charge is 2.28. The molecule has 1 N–H and O–H groups in total. The molecule has 6 heteroatoms. The van der Waals surface area contributed by atoms with E-state index in [-0.39, 0.29) is 17.6 Å². The molecule has 1 atom stereocenters. The first kappa shape index (κ1) is 18.3. The first-order chi connectivity index (χ1) is 12.4. The van der Waals surface area contributed by atoms with Gasteiger partial charge in [0, 0.05) is 41.8 Å². The summed E-state index contributed by atoms with van der Waals surface area (Å²) < 4.78 is 13.1. The number of nitrogens with one attached hydrogen (secondary N) is 1. The van der Waals surface area contributed by atoms with E-state index in [9.17, 15) is 9.18 Å². The van der Waals surface area contributed by atoms with Gasteiger partial charge < -0.3 is 15.1 Å². The highest BCUT2D eigenvalue weighted by molar-refractivity contribution is 5.78. The predicted molar refractivity (Wildman–Crippen MR) is 101 cm³/mol. The third-order valence-corrected chi connectivity index (χ3v) is 4.52. The number of amides is 1. The van der Waals surface area contributed by atoms with Gasteiger partial charge in [0.1, 0.15) is 5.82 Å². The molecule has 2 aromatic rings. The lowest BCUT2D eigenvalue weighted by molar-refractivity contribution is -0.130. The van der Waals surface area contributed by atoms with Gasteiger partial charge in [-0.2, -0.15) is 0 Å². The Morgan fingerprint density at radius 2 is 2.00 bits per heavy atom. The third kappa shape index (κ3) is 4.58.